The van der Waals surface area contributed by atoms with Crippen LogP contribution in [0.25, 0.3) is 11.1 Å². The molecule has 2 aromatic rings. The Morgan fingerprint density at radius 2 is 1.64 bits per heavy atom. The Labute approximate surface area is 245 Å². The summed E-state index contributed by atoms with van der Waals surface area (Å²) in [7, 11) is 0. The molecule has 2 fully saturated rings. The molecule has 3 aliphatic carbocycles. The molecule has 226 valence electrons. The largest absolute Gasteiger partial charge is 0.505 e. The highest BCUT2D eigenvalue weighted by molar-refractivity contribution is 6.10. The number of amides is 1. The second-order valence-electron chi connectivity index (χ2n) is 14.0. The number of carbonyl (C=O) groups excluding carboxylic acids is 3. The van der Waals surface area contributed by atoms with Crippen LogP contribution in [0.15, 0.2) is 30.3 Å². The smallest absolute Gasteiger partial charge is 0.230 e. The molecule has 9 nitrogen and oxygen atoms in total. The number of rotatable bonds is 4. The standard InChI is InChI=1S/C33H42N2O7/c1-14(2)16-7-9-17(10-8-16)18-11-20(34)25(36)21-19(18)12-31(5)13-32(6)23(15(3)4)27(38)22(30(35)41)28(39)33(32,42)29(40)24(31)26(21)37/h7-11,14-15,22-24,27,29,36,38,40,42H,12-13,34H2,1-6H3,(H2,35,41)/t22-,23+,24-,27?,29?,31-,32-,33+/m1/s1. The third-order valence-electron chi connectivity index (χ3n) is 10.7. The van der Waals surface area contributed by atoms with Crippen LogP contribution in [-0.2, 0) is 16.0 Å². The van der Waals surface area contributed by atoms with Gasteiger partial charge in [0.15, 0.2) is 17.2 Å². The van der Waals surface area contributed by atoms with E-state index in [4.69, 9.17) is 11.5 Å². The van der Waals surface area contributed by atoms with Crippen LogP contribution in [0.3, 0.4) is 0 Å². The Balaban J connectivity index is 1.73. The number of ketones is 2. The quantitative estimate of drug-likeness (QED) is 0.182. The number of benzene rings is 2. The van der Waals surface area contributed by atoms with E-state index in [1.807, 2.05) is 45.0 Å². The predicted octanol–water partition coefficient (Wildman–Crippen LogP) is 2.95. The number of Topliss-reactive ketones (excluding diaryl/α,β-unsaturated/α-hetero) is 2. The number of hydrogen-bond donors (Lipinski definition) is 6. The van der Waals surface area contributed by atoms with Gasteiger partial charge in [0.05, 0.1) is 23.3 Å². The first kappa shape index (κ1) is 30.2. The number of fused-ring (bicyclic) bond motifs is 3. The molecule has 0 heterocycles. The van der Waals surface area contributed by atoms with Gasteiger partial charge >= 0.3 is 0 Å². The molecule has 0 aliphatic heterocycles. The van der Waals surface area contributed by atoms with Crippen molar-refractivity contribution in [1.82, 2.24) is 0 Å². The maximum Gasteiger partial charge on any atom is 0.230 e. The average Bonchev–Trinajstić information content (AvgIpc) is 2.88. The molecular formula is C33H42N2O7. The molecule has 2 saturated carbocycles. The van der Waals surface area contributed by atoms with Gasteiger partial charge in [0, 0.05) is 5.41 Å². The monoisotopic (exact) mass is 578 g/mol. The second-order valence-corrected chi connectivity index (χ2v) is 14.0. The summed E-state index contributed by atoms with van der Waals surface area (Å²) in [5.41, 5.74) is 9.93. The van der Waals surface area contributed by atoms with E-state index in [1.165, 1.54) is 0 Å². The zero-order chi connectivity index (χ0) is 31.3. The lowest BCUT2D eigenvalue weighted by Gasteiger charge is -2.66. The highest BCUT2D eigenvalue weighted by Crippen LogP contribution is 2.66. The summed E-state index contributed by atoms with van der Waals surface area (Å²) in [5, 5.41) is 46.6. The van der Waals surface area contributed by atoms with E-state index >= 15 is 0 Å². The molecule has 0 spiro atoms. The van der Waals surface area contributed by atoms with E-state index in [0.29, 0.717) is 17.0 Å². The molecule has 1 amide bonds. The molecule has 9 heteroatoms. The summed E-state index contributed by atoms with van der Waals surface area (Å²) >= 11 is 0. The Morgan fingerprint density at radius 1 is 1.05 bits per heavy atom. The summed E-state index contributed by atoms with van der Waals surface area (Å²) in [6.07, 6.45) is -3.10. The molecule has 0 bridgehead atoms. The fourth-order valence-electron chi connectivity index (χ4n) is 8.93. The summed E-state index contributed by atoms with van der Waals surface area (Å²) in [6, 6.07) is 9.56. The van der Waals surface area contributed by atoms with Crippen molar-refractivity contribution in [2.45, 2.75) is 78.1 Å². The lowest BCUT2D eigenvalue weighted by Crippen LogP contribution is -2.79. The van der Waals surface area contributed by atoms with E-state index in [1.54, 1.807) is 13.0 Å². The molecular weight excluding hydrogens is 536 g/mol. The number of aliphatic hydroxyl groups excluding tert-OH is 2. The van der Waals surface area contributed by atoms with E-state index < -0.39 is 69.6 Å². The van der Waals surface area contributed by atoms with Gasteiger partial charge in [-0.25, -0.2) is 0 Å². The van der Waals surface area contributed by atoms with Crippen LogP contribution < -0.4 is 11.5 Å². The number of aromatic hydroxyl groups is 1. The van der Waals surface area contributed by atoms with Crippen LogP contribution in [0.4, 0.5) is 5.69 Å². The fraction of sp³-hybridized carbons (Fsp3) is 0.545. The summed E-state index contributed by atoms with van der Waals surface area (Å²) in [6.45, 7) is 11.3. The highest BCUT2D eigenvalue weighted by Gasteiger charge is 2.76. The van der Waals surface area contributed by atoms with Crippen molar-refractivity contribution < 1.29 is 34.8 Å². The van der Waals surface area contributed by atoms with Crippen molar-refractivity contribution in [2.75, 3.05) is 5.73 Å². The molecule has 0 radical (unpaired) electrons. The molecule has 0 saturated heterocycles. The van der Waals surface area contributed by atoms with Gasteiger partial charge in [-0.2, -0.15) is 0 Å². The van der Waals surface area contributed by atoms with Gasteiger partial charge in [-0.15, -0.1) is 0 Å². The van der Waals surface area contributed by atoms with Crippen LogP contribution in [0.2, 0.25) is 0 Å². The number of phenolic OH excluding ortho intramolecular Hbond substituents is 1. The summed E-state index contributed by atoms with van der Waals surface area (Å²) in [4.78, 5) is 40.6. The second kappa shape index (κ2) is 9.62. The fourth-order valence-corrected chi connectivity index (χ4v) is 8.93. The maximum atomic E-state index is 14.4. The van der Waals surface area contributed by atoms with Crippen LogP contribution in [0.1, 0.15) is 75.4 Å². The lowest BCUT2D eigenvalue weighted by molar-refractivity contribution is -0.265. The Hall–Kier alpha value is -3.27. The van der Waals surface area contributed by atoms with E-state index in [0.717, 1.165) is 11.1 Å². The first-order valence-corrected chi connectivity index (χ1v) is 14.6. The van der Waals surface area contributed by atoms with Crippen molar-refractivity contribution >= 4 is 23.2 Å². The predicted molar refractivity (Wildman–Crippen MR) is 157 cm³/mol. The molecule has 3 aliphatic rings. The lowest BCUT2D eigenvalue weighted by atomic mass is 9.39. The van der Waals surface area contributed by atoms with E-state index in [9.17, 15) is 34.8 Å². The third kappa shape index (κ3) is 3.82. The molecule has 2 unspecified atom stereocenters. The highest BCUT2D eigenvalue weighted by atomic mass is 16.4. The van der Waals surface area contributed by atoms with E-state index in [2.05, 4.69) is 13.8 Å². The number of nitrogens with two attached hydrogens (primary N) is 2. The minimum atomic E-state index is -2.55. The van der Waals surface area contributed by atoms with Gasteiger partial charge in [0.25, 0.3) is 0 Å². The van der Waals surface area contributed by atoms with Crippen molar-refractivity contribution in [3.05, 3.63) is 47.0 Å². The number of primary amides is 1. The van der Waals surface area contributed by atoms with Crippen LogP contribution in [0.5, 0.6) is 5.75 Å². The minimum absolute atomic E-state index is 0.00646. The first-order valence-electron chi connectivity index (χ1n) is 14.6. The average molecular weight is 579 g/mol. The molecule has 8 N–H and O–H groups in total. The van der Waals surface area contributed by atoms with Crippen molar-refractivity contribution in [1.29, 1.82) is 0 Å². The summed E-state index contributed by atoms with van der Waals surface area (Å²) in [5.74, 6) is -7.08. The molecule has 8 atom stereocenters. The zero-order valence-electron chi connectivity index (χ0n) is 25.0. The number of hydrogen-bond acceptors (Lipinski definition) is 8. The summed E-state index contributed by atoms with van der Waals surface area (Å²) < 4.78 is 0. The van der Waals surface area contributed by atoms with Gasteiger partial charge in [0.1, 0.15) is 17.8 Å². The first-order chi connectivity index (χ1) is 19.4. The van der Waals surface area contributed by atoms with Gasteiger partial charge in [0.2, 0.25) is 5.91 Å². The van der Waals surface area contributed by atoms with Gasteiger partial charge in [-0.1, -0.05) is 65.8 Å². The topological polar surface area (TPSA) is 184 Å². The molecule has 42 heavy (non-hydrogen) atoms. The van der Waals surface area contributed by atoms with Crippen molar-refractivity contribution in [3.8, 4) is 16.9 Å². The van der Waals surface area contributed by atoms with Crippen LogP contribution >= 0.6 is 0 Å². The van der Waals surface area contributed by atoms with Crippen molar-refractivity contribution in [3.63, 3.8) is 0 Å². The van der Waals surface area contributed by atoms with Gasteiger partial charge in [-0.3, -0.25) is 14.4 Å². The third-order valence-corrected chi connectivity index (χ3v) is 10.7. The SMILES string of the molecule is CC(C)c1ccc(-c2cc(N)c(O)c3c2C[C@]2(C)C[C@]4(C)[C@@H](C(C)C)C(O)[C@@H](C(N)=O)C(=O)[C@]4(O)C(O)[C@H]2C3=O)cc1. The Bertz CT molecular complexity index is 1480. The number of nitrogen functional groups attached to an aromatic ring is 1. The minimum Gasteiger partial charge on any atom is -0.505 e. The van der Waals surface area contributed by atoms with Crippen LogP contribution in [-0.4, -0.2) is 55.7 Å². The molecule has 2 aromatic carbocycles. The van der Waals surface area contributed by atoms with Crippen molar-refractivity contribution in [2.24, 2.45) is 40.2 Å². The number of carbonyl (C=O) groups is 3. The van der Waals surface area contributed by atoms with E-state index in [-0.39, 0.29) is 30.0 Å². The Kier molecular flexibility index (Phi) is 6.92. The van der Waals surface area contributed by atoms with Gasteiger partial charge in [-0.05, 0) is 64.3 Å². The van der Waals surface area contributed by atoms with Crippen LogP contribution in [0, 0.1) is 34.5 Å². The number of aliphatic hydroxyl groups is 3. The normalized spacial score (nSPS) is 36.0. The Morgan fingerprint density at radius 3 is 2.17 bits per heavy atom. The number of phenols is 1. The molecule has 5 rings (SSSR count). The number of anilines is 1. The maximum absolute atomic E-state index is 14.4. The van der Waals surface area contributed by atoms with Gasteiger partial charge < -0.3 is 31.9 Å². The molecule has 0 aromatic heterocycles. The zero-order valence-corrected chi connectivity index (χ0v) is 25.0.